The van der Waals surface area contributed by atoms with Gasteiger partial charge in [0, 0.05) is 0 Å². The molecule has 0 N–H and O–H groups in total. The molecular formula is C21H33BO2. The summed E-state index contributed by atoms with van der Waals surface area (Å²) >= 11 is 0. The van der Waals surface area contributed by atoms with Gasteiger partial charge in [0.25, 0.3) is 0 Å². The number of rotatable bonds is 6. The van der Waals surface area contributed by atoms with Crippen molar-refractivity contribution in [3.8, 4) is 0 Å². The third kappa shape index (κ3) is 4.74. The summed E-state index contributed by atoms with van der Waals surface area (Å²) in [6.45, 7) is 15.2. The molecule has 3 heteroatoms. The lowest BCUT2D eigenvalue weighted by atomic mass is 9.66. The second-order valence-corrected chi connectivity index (χ2v) is 8.75. The molecule has 0 unspecified atom stereocenters. The highest BCUT2D eigenvalue weighted by molar-refractivity contribution is 6.45. The quantitative estimate of drug-likeness (QED) is 0.494. The third-order valence-electron chi connectivity index (χ3n) is 5.40. The Labute approximate surface area is 148 Å². The highest BCUT2D eigenvalue weighted by atomic mass is 16.7. The zero-order valence-electron chi connectivity index (χ0n) is 16.5. The molecule has 0 amide bonds. The van der Waals surface area contributed by atoms with E-state index < -0.39 is 0 Å². The monoisotopic (exact) mass is 328 g/mol. The molecule has 0 radical (unpaired) electrons. The van der Waals surface area contributed by atoms with Crippen LogP contribution in [0.5, 0.6) is 0 Å². The van der Waals surface area contributed by atoms with Gasteiger partial charge in [-0.15, -0.1) is 0 Å². The van der Waals surface area contributed by atoms with Crippen molar-refractivity contribution in [1.82, 2.24) is 0 Å². The van der Waals surface area contributed by atoms with Crippen molar-refractivity contribution in [3.05, 3.63) is 47.5 Å². The maximum absolute atomic E-state index is 6.24. The first-order chi connectivity index (χ1) is 11.0. The number of aryl methyl sites for hydroxylation is 1. The molecule has 1 atom stereocenters. The number of benzene rings is 1. The molecule has 1 saturated heterocycles. The number of hydrogen-bond acceptors (Lipinski definition) is 2. The first-order valence-corrected chi connectivity index (χ1v) is 9.09. The van der Waals surface area contributed by atoms with Gasteiger partial charge in [0.1, 0.15) is 0 Å². The van der Waals surface area contributed by atoms with Gasteiger partial charge in [0.05, 0.1) is 11.2 Å². The molecule has 132 valence electrons. The Morgan fingerprint density at radius 1 is 1.04 bits per heavy atom. The van der Waals surface area contributed by atoms with Crippen LogP contribution in [0.4, 0.5) is 0 Å². The first kappa shape index (κ1) is 19.3. The Hall–Kier alpha value is -1.06. The summed E-state index contributed by atoms with van der Waals surface area (Å²) in [5, 5.41) is 0. The van der Waals surface area contributed by atoms with Gasteiger partial charge in [-0.1, -0.05) is 48.9 Å². The van der Waals surface area contributed by atoms with Crippen LogP contribution in [0, 0.1) is 5.41 Å². The molecule has 1 aliphatic heterocycles. The summed E-state index contributed by atoms with van der Waals surface area (Å²) < 4.78 is 12.5. The number of allylic oxidation sites excluding steroid dienone is 2. The Kier molecular flexibility index (Phi) is 5.66. The van der Waals surface area contributed by atoms with Crippen LogP contribution in [0.3, 0.4) is 0 Å². The van der Waals surface area contributed by atoms with Gasteiger partial charge in [-0.25, -0.2) is 0 Å². The van der Waals surface area contributed by atoms with Crippen molar-refractivity contribution in [2.75, 3.05) is 0 Å². The van der Waals surface area contributed by atoms with E-state index in [0.29, 0.717) is 0 Å². The van der Waals surface area contributed by atoms with E-state index in [2.05, 4.69) is 84.9 Å². The van der Waals surface area contributed by atoms with Gasteiger partial charge in [-0.2, -0.15) is 0 Å². The highest BCUT2D eigenvalue weighted by Crippen LogP contribution is 2.42. The zero-order chi connectivity index (χ0) is 18.0. The minimum absolute atomic E-state index is 0.0653. The molecule has 1 aromatic rings. The molecule has 0 aliphatic carbocycles. The molecule has 0 bridgehead atoms. The van der Waals surface area contributed by atoms with Crippen molar-refractivity contribution in [1.29, 1.82) is 0 Å². The molecule has 0 aromatic heterocycles. The van der Waals surface area contributed by atoms with Crippen LogP contribution in [0.25, 0.3) is 0 Å². The summed E-state index contributed by atoms with van der Waals surface area (Å²) in [7, 11) is -0.147. The van der Waals surface area contributed by atoms with Crippen molar-refractivity contribution >= 4 is 7.12 Å². The predicted octanol–water partition coefficient (Wildman–Crippen LogP) is 5.68. The SMILES string of the molecule is CC(C)=C[C@](C)(CCc1ccccc1)CB1OC(C)(C)C(C)(C)O1. The van der Waals surface area contributed by atoms with E-state index in [1.165, 1.54) is 11.1 Å². The average molecular weight is 328 g/mol. The molecule has 0 saturated carbocycles. The van der Waals surface area contributed by atoms with E-state index in [-0.39, 0.29) is 23.7 Å². The molecule has 1 aromatic carbocycles. The average Bonchev–Trinajstić information content (AvgIpc) is 2.64. The van der Waals surface area contributed by atoms with Crippen LogP contribution < -0.4 is 0 Å². The predicted molar refractivity (Wildman–Crippen MR) is 103 cm³/mol. The lowest BCUT2D eigenvalue weighted by molar-refractivity contribution is 0.00578. The molecule has 24 heavy (non-hydrogen) atoms. The summed E-state index contributed by atoms with van der Waals surface area (Å²) in [4.78, 5) is 0. The van der Waals surface area contributed by atoms with E-state index in [0.717, 1.165) is 19.2 Å². The fourth-order valence-electron chi connectivity index (χ4n) is 3.43. The van der Waals surface area contributed by atoms with E-state index in [1.54, 1.807) is 0 Å². The lowest BCUT2D eigenvalue weighted by Gasteiger charge is -2.32. The lowest BCUT2D eigenvalue weighted by Crippen LogP contribution is -2.41. The second-order valence-electron chi connectivity index (χ2n) is 8.75. The molecular weight excluding hydrogens is 295 g/mol. The number of hydrogen-bond donors (Lipinski definition) is 0. The van der Waals surface area contributed by atoms with E-state index >= 15 is 0 Å². The third-order valence-corrected chi connectivity index (χ3v) is 5.40. The van der Waals surface area contributed by atoms with Gasteiger partial charge >= 0.3 is 7.12 Å². The summed E-state index contributed by atoms with van der Waals surface area (Å²) in [6.07, 6.45) is 5.44. The molecule has 2 nitrogen and oxygen atoms in total. The van der Waals surface area contributed by atoms with Crippen molar-refractivity contribution in [2.45, 2.75) is 78.8 Å². The van der Waals surface area contributed by atoms with Crippen LogP contribution in [0.2, 0.25) is 6.32 Å². The van der Waals surface area contributed by atoms with Gasteiger partial charge in [-0.3, -0.25) is 0 Å². The molecule has 1 fully saturated rings. The van der Waals surface area contributed by atoms with Crippen LogP contribution in [-0.4, -0.2) is 18.3 Å². The van der Waals surface area contributed by atoms with Crippen molar-refractivity contribution in [3.63, 3.8) is 0 Å². The van der Waals surface area contributed by atoms with Crippen LogP contribution >= 0.6 is 0 Å². The Bertz CT molecular complexity index is 557. The fraction of sp³-hybridized carbons (Fsp3) is 0.619. The van der Waals surface area contributed by atoms with Crippen molar-refractivity contribution < 1.29 is 9.31 Å². The molecule has 1 aliphatic rings. The van der Waals surface area contributed by atoms with Gasteiger partial charge in [-0.05, 0) is 71.7 Å². The van der Waals surface area contributed by atoms with Gasteiger partial charge < -0.3 is 9.31 Å². The highest BCUT2D eigenvalue weighted by Gasteiger charge is 2.52. The Morgan fingerprint density at radius 3 is 2.08 bits per heavy atom. The zero-order valence-corrected chi connectivity index (χ0v) is 16.5. The van der Waals surface area contributed by atoms with E-state index in [4.69, 9.17) is 9.31 Å². The topological polar surface area (TPSA) is 18.5 Å². The second kappa shape index (κ2) is 7.05. The minimum Gasteiger partial charge on any atom is -0.403 e. The Balaban J connectivity index is 2.09. The van der Waals surface area contributed by atoms with E-state index in [1.807, 2.05) is 0 Å². The summed E-state index contributed by atoms with van der Waals surface area (Å²) in [5.41, 5.74) is 2.28. The van der Waals surface area contributed by atoms with Gasteiger partial charge in [0.2, 0.25) is 0 Å². The fourth-order valence-corrected chi connectivity index (χ4v) is 3.43. The van der Waals surface area contributed by atoms with Crippen LogP contribution in [0.15, 0.2) is 42.0 Å². The standard InChI is InChI=1S/C21H33BO2/c1-17(2)15-21(7,14-13-18-11-9-8-10-12-18)16-22-23-19(3,4)20(5,6)24-22/h8-12,15H,13-14,16H2,1-7H3/t21-/m0/s1. The first-order valence-electron chi connectivity index (χ1n) is 9.09. The largest absolute Gasteiger partial charge is 0.458 e. The molecule has 1 heterocycles. The molecule has 2 rings (SSSR count). The Morgan fingerprint density at radius 2 is 1.58 bits per heavy atom. The summed E-state index contributed by atoms with van der Waals surface area (Å²) in [5.74, 6) is 0. The van der Waals surface area contributed by atoms with Crippen molar-refractivity contribution in [2.24, 2.45) is 5.41 Å². The van der Waals surface area contributed by atoms with E-state index in [9.17, 15) is 0 Å². The summed E-state index contributed by atoms with van der Waals surface area (Å²) in [6, 6.07) is 10.7. The minimum atomic E-state index is -0.261. The normalized spacial score (nSPS) is 21.4. The van der Waals surface area contributed by atoms with Crippen LogP contribution in [0.1, 0.15) is 60.5 Å². The smallest absolute Gasteiger partial charge is 0.403 e. The van der Waals surface area contributed by atoms with Crippen LogP contribution in [-0.2, 0) is 15.7 Å². The van der Waals surface area contributed by atoms with Gasteiger partial charge in [0.15, 0.2) is 0 Å². The maximum atomic E-state index is 6.24. The molecule has 0 spiro atoms. The maximum Gasteiger partial charge on any atom is 0.458 e.